The molecule has 47 heavy (non-hydrogen) atoms. The third kappa shape index (κ3) is 5.68. The number of ketones is 1. The molecule has 0 bridgehead atoms. The van der Waals surface area contributed by atoms with Gasteiger partial charge in [0.05, 0.1) is 34.0 Å². The van der Waals surface area contributed by atoms with Crippen molar-refractivity contribution in [3.05, 3.63) is 47.2 Å². The average molecular weight is 662 g/mol. The first-order valence-corrected chi connectivity index (χ1v) is 18.9. The third-order valence-corrected chi connectivity index (χ3v) is 13.9. The molecule has 5 aliphatic rings. The lowest BCUT2D eigenvalue weighted by molar-refractivity contribution is -0.142. The van der Waals surface area contributed by atoms with Crippen LogP contribution in [0.1, 0.15) is 101 Å². The van der Waals surface area contributed by atoms with Crippen LogP contribution in [0.3, 0.4) is 0 Å². The van der Waals surface area contributed by atoms with E-state index in [4.69, 9.17) is 9.72 Å². The monoisotopic (exact) mass is 661 g/mol. The second-order valence-electron chi connectivity index (χ2n) is 15.5. The number of amides is 2. The van der Waals surface area contributed by atoms with Crippen molar-refractivity contribution in [2.24, 2.45) is 17.3 Å². The molecule has 0 radical (unpaired) electrons. The summed E-state index contributed by atoms with van der Waals surface area (Å²) < 4.78 is 34.5. The number of rotatable bonds is 3. The minimum absolute atomic E-state index is 0.0540. The summed E-state index contributed by atoms with van der Waals surface area (Å²) in [7, 11) is -3.86. The van der Waals surface area contributed by atoms with Gasteiger partial charge in [-0.2, -0.15) is 0 Å². The third-order valence-electron chi connectivity index (χ3n) is 11.8. The lowest BCUT2D eigenvalue weighted by atomic mass is 9.85. The summed E-state index contributed by atoms with van der Waals surface area (Å²) in [6, 6.07) is 5.49. The summed E-state index contributed by atoms with van der Waals surface area (Å²) >= 11 is 0. The molecule has 5 atom stereocenters. The van der Waals surface area contributed by atoms with Crippen molar-refractivity contribution in [1.82, 2.24) is 14.6 Å². The number of fused-ring (bicyclic) bond motifs is 5. The molecule has 1 aromatic carbocycles. The van der Waals surface area contributed by atoms with Crippen molar-refractivity contribution in [3.8, 4) is 5.75 Å². The quantitative estimate of drug-likeness (QED) is 0.423. The molecule has 3 aliphatic heterocycles. The van der Waals surface area contributed by atoms with Crippen LogP contribution in [0.5, 0.6) is 5.75 Å². The summed E-state index contributed by atoms with van der Waals surface area (Å²) in [6.07, 6.45) is 11.6. The van der Waals surface area contributed by atoms with Gasteiger partial charge >= 0.3 is 0 Å². The Hall–Kier alpha value is -3.27. The Morgan fingerprint density at radius 2 is 1.87 bits per heavy atom. The first kappa shape index (κ1) is 32.3. The Bertz CT molecular complexity index is 1800. The Labute approximate surface area is 278 Å². The SMILES string of the molecule is Cc1ccc2nc(C)c3c(c2c1)CC[C@]1(C[C@H]2C(=O)CC4(C(=O)NS(=O)(=O)C5(C)CC5)C[C@H]4/C=C\CCCCC[C@H](C)C(=O)N2C1)O3. The maximum atomic E-state index is 14.4. The second kappa shape index (κ2) is 11.4. The molecule has 2 aliphatic carbocycles. The Morgan fingerprint density at radius 1 is 1.09 bits per heavy atom. The Morgan fingerprint density at radius 3 is 2.64 bits per heavy atom. The van der Waals surface area contributed by atoms with Crippen molar-refractivity contribution in [3.63, 3.8) is 0 Å². The van der Waals surface area contributed by atoms with Crippen LogP contribution >= 0.6 is 0 Å². The minimum Gasteiger partial charge on any atom is -0.483 e. The molecule has 1 aromatic heterocycles. The van der Waals surface area contributed by atoms with Gasteiger partial charge in [-0.3, -0.25) is 19.1 Å². The molecule has 7 rings (SSSR count). The van der Waals surface area contributed by atoms with Crippen molar-refractivity contribution in [1.29, 1.82) is 0 Å². The van der Waals surface area contributed by atoms with Gasteiger partial charge in [-0.1, -0.05) is 43.5 Å². The summed E-state index contributed by atoms with van der Waals surface area (Å²) in [5.41, 5.74) is 2.09. The number of aryl methyl sites for hydroxylation is 3. The highest BCUT2D eigenvalue weighted by molar-refractivity contribution is 7.91. The van der Waals surface area contributed by atoms with E-state index >= 15 is 0 Å². The lowest BCUT2D eigenvalue weighted by Gasteiger charge is -2.36. The molecule has 1 N–H and O–H groups in total. The number of carbonyl (C=O) groups is 3. The van der Waals surface area contributed by atoms with Gasteiger partial charge in [-0.25, -0.2) is 13.4 Å². The average Bonchev–Trinajstić information content (AvgIpc) is 3.92. The number of nitrogens with zero attached hydrogens (tertiary/aromatic N) is 2. The van der Waals surface area contributed by atoms with Crippen LogP contribution in [0.25, 0.3) is 10.9 Å². The Balaban J connectivity index is 1.21. The second-order valence-corrected chi connectivity index (χ2v) is 17.7. The van der Waals surface area contributed by atoms with Crippen LogP contribution < -0.4 is 9.46 Å². The normalized spacial score (nSPS) is 32.8. The number of hydrogen-bond donors (Lipinski definition) is 1. The highest BCUT2D eigenvalue weighted by Crippen LogP contribution is 2.58. The van der Waals surface area contributed by atoms with Crippen LogP contribution in [-0.2, 0) is 30.8 Å². The van der Waals surface area contributed by atoms with E-state index in [1.165, 1.54) is 0 Å². The fourth-order valence-electron chi connectivity index (χ4n) is 8.19. The maximum Gasteiger partial charge on any atom is 0.240 e. The molecule has 252 valence electrons. The standard InChI is InChI=1S/C37H47N3O6S/c1-23-12-13-29-28(18-23)27-14-15-36(46-32(27)25(3)38-29)20-30-31(41)21-37(34(43)39-47(44,45)35(4)16-17-35)19-26(37)11-9-7-5-6-8-10-24(2)33(42)40(30)22-36/h9,11-13,18,24,26,30H,5-8,10,14-17,19-22H2,1-4H3,(H,39,43)/b11-9-/t24-,26+,30-,36+,37?/m0/s1. The number of ether oxygens (including phenoxy) is 1. The number of Topliss-reactive ketones (excluding diaryl/α,β-unsaturated/α-hetero) is 1. The number of nitrogens with one attached hydrogen (secondary N) is 1. The predicted molar refractivity (Wildman–Crippen MR) is 179 cm³/mol. The van der Waals surface area contributed by atoms with Crippen LogP contribution in [0, 0.1) is 31.1 Å². The van der Waals surface area contributed by atoms with Crippen LogP contribution in [0.4, 0.5) is 0 Å². The lowest BCUT2D eigenvalue weighted by Crippen LogP contribution is -2.47. The van der Waals surface area contributed by atoms with Crippen molar-refractivity contribution < 1.29 is 27.5 Å². The zero-order chi connectivity index (χ0) is 33.4. The fourth-order valence-corrected chi connectivity index (χ4v) is 9.53. The summed E-state index contributed by atoms with van der Waals surface area (Å²) in [5.74, 6) is -0.572. The highest BCUT2D eigenvalue weighted by Gasteiger charge is 2.63. The number of carbonyl (C=O) groups excluding carboxylic acids is 3. The van der Waals surface area contributed by atoms with Crippen LogP contribution in [-0.4, -0.2) is 58.8 Å². The zero-order valence-electron chi connectivity index (χ0n) is 28.1. The maximum absolute atomic E-state index is 14.4. The minimum atomic E-state index is -3.86. The predicted octanol–water partition coefficient (Wildman–Crippen LogP) is 5.64. The molecule has 4 heterocycles. The topological polar surface area (TPSA) is 123 Å². The molecule has 2 amide bonds. The molecule has 1 saturated heterocycles. The van der Waals surface area contributed by atoms with Gasteiger partial charge in [-0.05, 0) is 90.2 Å². The van der Waals surface area contributed by atoms with Gasteiger partial charge in [-0.15, -0.1) is 0 Å². The van der Waals surface area contributed by atoms with Crippen molar-refractivity contribution in [2.75, 3.05) is 6.54 Å². The molecule has 2 saturated carbocycles. The van der Waals surface area contributed by atoms with Crippen LogP contribution in [0.2, 0.25) is 0 Å². The number of aromatic nitrogens is 1. The zero-order valence-corrected chi connectivity index (χ0v) is 28.9. The fraction of sp³-hybridized carbons (Fsp3) is 0.622. The van der Waals surface area contributed by atoms with Crippen LogP contribution in [0.15, 0.2) is 30.4 Å². The van der Waals surface area contributed by atoms with E-state index in [9.17, 15) is 22.8 Å². The van der Waals surface area contributed by atoms with Gasteiger partial charge in [0.15, 0.2) is 5.78 Å². The van der Waals surface area contributed by atoms with E-state index < -0.39 is 37.7 Å². The number of hydrogen-bond acceptors (Lipinski definition) is 7. The van der Waals surface area contributed by atoms with Gasteiger partial charge < -0.3 is 9.64 Å². The molecule has 3 fully saturated rings. The molecule has 9 nitrogen and oxygen atoms in total. The van der Waals surface area contributed by atoms with Gasteiger partial charge in [0.1, 0.15) is 11.4 Å². The van der Waals surface area contributed by atoms with E-state index in [0.29, 0.717) is 38.6 Å². The molecule has 1 spiro atoms. The number of pyridine rings is 1. The smallest absolute Gasteiger partial charge is 0.240 e. The molecule has 1 unspecified atom stereocenters. The number of sulfonamides is 1. The van der Waals surface area contributed by atoms with E-state index in [-0.39, 0.29) is 29.9 Å². The molecule has 2 aromatic rings. The van der Waals surface area contributed by atoms with Crippen molar-refractivity contribution in [2.45, 2.75) is 121 Å². The first-order chi connectivity index (χ1) is 22.3. The van der Waals surface area contributed by atoms with E-state index in [1.807, 2.05) is 26.0 Å². The first-order valence-electron chi connectivity index (χ1n) is 17.4. The summed E-state index contributed by atoms with van der Waals surface area (Å²) in [6.45, 7) is 7.90. The largest absolute Gasteiger partial charge is 0.483 e. The van der Waals surface area contributed by atoms with Crippen molar-refractivity contribution >= 4 is 38.5 Å². The van der Waals surface area contributed by atoms with Gasteiger partial charge in [0.25, 0.3) is 0 Å². The number of allylic oxidation sites excluding steroid dienone is 2. The summed E-state index contributed by atoms with van der Waals surface area (Å²) in [4.78, 5) is 48.9. The van der Waals surface area contributed by atoms with E-state index in [2.05, 4.69) is 29.9 Å². The molecular formula is C37H47N3O6S. The Kier molecular flexibility index (Phi) is 7.84. The summed E-state index contributed by atoms with van der Waals surface area (Å²) in [5, 5.41) is 1.07. The van der Waals surface area contributed by atoms with Gasteiger partial charge in [0.2, 0.25) is 21.8 Å². The highest BCUT2D eigenvalue weighted by atomic mass is 32.2. The molecular weight excluding hydrogens is 614 g/mol. The van der Waals surface area contributed by atoms with Gasteiger partial charge in [0, 0.05) is 29.7 Å². The number of benzene rings is 1. The van der Waals surface area contributed by atoms with E-state index in [1.54, 1.807) is 11.8 Å². The molecule has 10 heteroatoms. The van der Waals surface area contributed by atoms with E-state index in [0.717, 1.165) is 72.0 Å².